The Morgan fingerprint density at radius 1 is 1.10 bits per heavy atom. The van der Waals surface area contributed by atoms with Gasteiger partial charge >= 0.3 is 0 Å². The molecular weight excluding hydrogens is 376 g/mol. The number of H-pyrrole nitrogens is 1. The van der Waals surface area contributed by atoms with Gasteiger partial charge in [-0.15, -0.1) is 0 Å². The van der Waals surface area contributed by atoms with Crippen LogP contribution in [0.3, 0.4) is 0 Å². The number of hydrogen-bond acceptors (Lipinski definition) is 5. The molecular formula is C24H22N4O2. The van der Waals surface area contributed by atoms with Gasteiger partial charge in [-0.25, -0.2) is 9.97 Å². The molecule has 6 nitrogen and oxygen atoms in total. The van der Waals surface area contributed by atoms with E-state index in [0.29, 0.717) is 0 Å². The lowest BCUT2D eigenvalue weighted by atomic mass is 10.0. The SMILES string of the molecule is Cc1cc(-c2cncnc2)cc(C)c1OCC(=O)CN=Cc1cccc2[nH]ccc12. The number of carbonyl (C=O) groups is 1. The Hall–Kier alpha value is -3.80. The second kappa shape index (κ2) is 8.69. The highest BCUT2D eigenvalue weighted by atomic mass is 16.5. The Morgan fingerprint density at radius 3 is 2.63 bits per heavy atom. The van der Waals surface area contributed by atoms with Gasteiger partial charge < -0.3 is 9.72 Å². The first kappa shape index (κ1) is 19.5. The van der Waals surface area contributed by atoms with Crippen molar-refractivity contribution in [2.24, 2.45) is 4.99 Å². The molecule has 0 saturated carbocycles. The van der Waals surface area contributed by atoms with Gasteiger partial charge in [0.2, 0.25) is 0 Å². The standard InChI is InChI=1S/C24H22N4O2/c1-16-8-19(20-11-26-15-27-12-20)9-17(2)24(16)30-14-21(29)13-25-10-18-4-3-5-23-22(18)6-7-28-23/h3-12,15,28H,13-14H2,1-2H3. The van der Waals surface area contributed by atoms with E-state index in [-0.39, 0.29) is 18.9 Å². The minimum Gasteiger partial charge on any atom is -0.485 e. The van der Waals surface area contributed by atoms with Gasteiger partial charge in [0, 0.05) is 46.8 Å². The number of aryl methyl sites for hydroxylation is 2. The predicted octanol–water partition coefficient (Wildman–Crippen LogP) is 4.31. The van der Waals surface area contributed by atoms with Crippen LogP contribution in [-0.4, -0.2) is 40.1 Å². The molecule has 6 heteroatoms. The van der Waals surface area contributed by atoms with Gasteiger partial charge in [0.15, 0.2) is 5.78 Å². The molecule has 30 heavy (non-hydrogen) atoms. The highest BCUT2D eigenvalue weighted by Gasteiger charge is 2.10. The Balaban J connectivity index is 1.38. The molecule has 0 atom stereocenters. The molecule has 2 aromatic heterocycles. The Morgan fingerprint density at radius 2 is 1.87 bits per heavy atom. The van der Waals surface area contributed by atoms with Crippen molar-refractivity contribution in [2.75, 3.05) is 13.2 Å². The van der Waals surface area contributed by atoms with Crippen LogP contribution in [0.1, 0.15) is 16.7 Å². The van der Waals surface area contributed by atoms with E-state index in [1.807, 2.05) is 56.4 Å². The molecule has 2 aromatic carbocycles. The summed E-state index contributed by atoms with van der Waals surface area (Å²) in [6.45, 7) is 4.01. The van der Waals surface area contributed by atoms with E-state index in [1.165, 1.54) is 6.33 Å². The van der Waals surface area contributed by atoms with Crippen LogP contribution in [0.4, 0.5) is 0 Å². The zero-order valence-corrected chi connectivity index (χ0v) is 16.9. The smallest absolute Gasteiger partial charge is 0.191 e. The lowest BCUT2D eigenvalue weighted by Gasteiger charge is -2.13. The highest BCUT2D eigenvalue weighted by molar-refractivity contribution is 5.99. The van der Waals surface area contributed by atoms with E-state index in [0.717, 1.165) is 44.5 Å². The van der Waals surface area contributed by atoms with Crippen molar-refractivity contribution < 1.29 is 9.53 Å². The van der Waals surface area contributed by atoms with E-state index in [9.17, 15) is 4.79 Å². The summed E-state index contributed by atoms with van der Waals surface area (Å²) in [6.07, 6.45) is 8.69. The predicted molar refractivity (Wildman–Crippen MR) is 118 cm³/mol. The summed E-state index contributed by atoms with van der Waals surface area (Å²) in [7, 11) is 0. The van der Waals surface area contributed by atoms with Gasteiger partial charge in [0.25, 0.3) is 0 Å². The molecule has 4 rings (SSSR count). The first-order chi connectivity index (χ1) is 14.6. The summed E-state index contributed by atoms with van der Waals surface area (Å²) < 4.78 is 5.82. The zero-order chi connectivity index (χ0) is 20.9. The number of carbonyl (C=O) groups excluding carboxylic acids is 1. The zero-order valence-electron chi connectivity index (χ0n) is 16.9. The van der Waals surface area contributed by atoms with Gasteiger partial charge in [-0.05, 0) is 54.8 Å². The molecule has 2 heterocycles. The largest absolute Gasteiger partial charge is 0.485 e. The van der Waals surface area contributed by atoms with Gasteiger partial charge in [-0.2, -0.15) is 0 Å². The van der Waals surface area contributed by atoms with Crippen LogP contribution < -0.4 is 4.74 Å². The normalized spacial score (nSPS) is 11.3. The number of ether oxygens (including phenoxy) is 1. The van der Waals surface area contributed by atoms with Gasteiger partial charge in [-0.1, -0.05) is 12.1 Å². The first-order valence-corrected chi connectivity index (χ1v) is 9.69. The molecule has 0 amide bonds. The molecule has 4 aromatic rings. The van der Waals surface area contributed by atoms with Gasteiger partial charge in [0.1, 0.15) is 25.2 Å². The van der Waals surface area contributed by atoms with Crippen LogP contribution in [0.15, 0.2) is 66.3 Å². The second-order valence-electron chi connectivity index (χ2n) is 7.15. The van der Waals surface area contributed by atoms with Gasteiger partial charge in [0.05, 0.1) is 0 Å². The molecule has 0 saturated heterocycles. The minimum atomic E-state index is -0.0770. The minimum absolute atomic E-state index is 0.0127. The quantitative estimate of drug-likeness (QED) is 0.471. The number of benzene rings is 2. The maximum Gasteiger partial charge on any atom is 0.191 e. The summed E-state index contributed by atoms with van der Waals surface area (Å²) in [4.78, 5) is 27.9. The van der Waals surface area contributed by atoms with E-state index >= 15 is 0 Å². The van der Waals surface area contributed by atoms with E-state index in [4.69, 9.17) is 4.74 Å². The number of fused-ring (bicyclic) bond motifs is 1. The number of aromatic nitrogens is 3. The van der Waals surface area contributed by atoms with Crippen LogP contribution in [0.5, 0.6) is 5.75 Å². The second-order valence-corrected chi connectivity index (χ2v) is 7.15. The molecule has 0 fully saturated rings. The molecule has 0 aliphatic rings. The molecule has 0 unspecified atom stereocenters. The third-order valence-corrected chi connectivity index (χ3v) is 4.86. The molecule has 0 aliphatic heterocycles. The van der Waals surface area contributed by atoms with Crippen molar-refractivity contribution in [3.63, 3.8) is 0 Å². The van der Waals surface area contributed by atoms with Crippen molar-refractivity contribution in [3.05, 3.63) is 78.0 Å². The summed E-state index contributed by atoms with van der Waals surface area (Å²) in [6, 6.07) is 12.0. The molecule has 1 N–H and O–H groups in total. The fourth-order valence-electron chi connectivity index (χ4n) is 3.46. The average molecular weight is 398 g/mol. The number of rotatable bonds is 7. The number of ketones is 1. The number of nitrogens with zero attached hydrogens (tertiary/aromatic N) is 3. The topological polar surface area (TPSA) is 80.2 Å². The van der Waals surface area contributed by atoms with Gasteiger partial charge in [-0.3, -0.25) is 9.79 Å². The third-order valence-electron chi connectivity index (χ3n) is 4.86. The fourth-order valence-corrected chi connectivity index (χ4v) is 3.46. The van der Waals surface area contributed by atoms with Crippen LogP contribution in [0, 0.1) is 13.8 Å². The highest BCUT2D eigenvalue weighted by Crippen LogP contribution is 2.29. The van der Waals surface area contributed by atoms with E-state index in [1.54, 1.807) is 18.6 Å². The van der Waals surface area contributed by atoms with Crippen LogP contribution in [-0.2, 0) is 4.79 Å². The number of aromatic amines is 1. The summed E-state index contributed by atoms with van der Waals surface area (Å²) in [5.74, 6) is 0.650. The third kappa shape index (κ3) is 4.27. The maximum atomic E-state index is 12.3. The van der Waals surface area contributed by atoms with Crippen molar-refractivity contribution in [1.82, 2.24) is 15.0 Å². The molecule has 0 radical (unpaired) electrons. The number of nitrogens with one attached hydrogen (secondary N) is 1. The molecule has 0 bridgehead atoms. The van der Waals surface area contributed by atoms with Crippen molar-refractivity contribution in [3.8, 4) is 16.9 Å². The average Bonchev–Trinajstić information content (AvgIpc) is 3.23. The van der Waals surface area contributed by atoms with Crippen molar-refractivity contribution in [1.29, 1.82) is 0 Å². The number of Topliss-reactive ketones (excluding diaryl/α,β-unsaturated/α-hetero) is 1. The van der Waals surface area contributed by atoms with Crippen molar-refractivity contribution >= 4 is 22.9 Å². The monoisotopic (exact) mass is 398 g/mol. The first-order valence-electron chi connectivity index (χ1n) is 9.69. The number of aliphatic imine (C=N–C) groups is 1. The van der Waals surface area contributed by atoms with E-state index in [2.05, 4.69) is 19.9 Å². The lowest BCUT2D eigenvalue weighted by molar-refractivity contribution is -0.119. The van der Waals surface area contributed by atoms with Crippen molar-refractivity contribution in [2.45, 2.75) is 13.8 Å². The summed E-state index contributed by atoms with van der Waals surface area (Å²) >= 11 is 0. The Kier molecular flexibility index (Phi) is 5.66. The van der Waals surface area contributed by atoms with Crippen LogP contribution in [0.2, 0.25) is 0 Å². The maximum absolute atomic E-state index is 12.3. The molecule has 0 spiro atoms. The Bertz CT molecular complexity index is 1190. The van der Waals surface area contributed by atoms with E-state index < -0.39 is 0 Å². The van der Waals surface area contributed by atoms with Crippen LogP contribution in [0.25, 0.3) is 22.0 Å². The summed E-state index contributed by atoms with van der Waals surface area (Å²) in [5.41, 5.74) is 5.92. The Labute approximate surface area is 174 Å². The fraction of sp³-hybridized carbons (Fsp3) is 0.167. The number of hydrogen-bond donors (Lipinski definition) is 1. The molecule has 150 valence electrons. The van der Waals surface area contributed by atoms with Crippen LogP contribution >= 0.6 is 0 Å². The molecule has 0 aliphatic carbocycles. The summed E-state index contributed by atoms with van der Waals surface area (Å²) in [5, 5.41) is 1.08. The lowest BCUT2D eigenvalue weighted by Crippen LogP contribution is -2.15.